The van der Waals surface area contributed by atoms with Crippen LogP contribution in [-0.4, -0.2) is 34.9 Å². The molecule has 0 spiro atoms. The van der Waals surface area contributed by atoms with E-state index in [0.717, 1.165) is 20.7 Å². The number of carbonyl (C=O) groups is 1. The Labute approximate surface area is 154 Å². The molecule has 3 aromatic rings. The molecule has 1 aromatic heterocycles. The average Bonchev–Trinajstić information content (AvgIpc) is 2.99. The number of carbonyl (C=O) groups excluding carboxylic acids is 1. The summed E-state index contributed by atoms with van der Waals surface area (Å²) >= 11 is 3.50. The van der Waals surface area contributed by atoms with Crippen LogP contribution >= 0.6 is 15.9 Å². The van der Waals surface area contributed by atoms with Crippen LogP contribution in [0.5, 0.6) is 0 Å². The lowest BCUT2D eigenvalue weighted by atomic mass is 10.1. The van der Waals surface area contributed by atoms with Crippen LogP contribution in [0.1, 0.15) is 24.2 Å². The van der Waals surface area contributed by atoms with Crippen LogP contribution in [0, 0.1) is 5.82 Å². The normalized spacial score (nSPS) is 10.3. The van der Waals surface area contributed by atoms with Gasteiger partial charge < -0.3 is 0 Å². The van der Waals surface area contributed by atoms with E-state index in [1.165, 1.54) is 19.2 Å². The number of benzene rings is 2. The van der Waals surface area contributed by atoms with Crippen LogP contribution in [0.3, 0.4) is 0 Å². The predicted molar refractivity (Wildman–Crippen MR) is 99.2 cm³/mol. The Morgan fingerprint density at radius 3 is 2.44 bits per heavy atom. The van der Waals surface area contributed by atoms with Crippen LogP contribution in [-0.2, 0) is 4.84 Å². The van der Waals surface area contributed by atoms with E-state index in [2.05, 4.69) is 21.0 Å². The number of aromatic nitrogens is 2. The van der Waals surface area contributed by atoms with Crippen LogP contribution in [0.25, 0.3) is 16.6 Å². The molecule has 0 aliphatic rings. The molecule has 0 aliphatic carbocycles. The number of hydrogen-bond donors (Lipinski definition) is 0. The highest BCUT2D eigenvalue weighted by molar-refractivity contribution is 9.10. The third kappa shape index (κ3) is 3.88. The first kappa shape index (κ1) is 19.1. The fourth-order valence-corrected chi connectivity index (χ4v) is 2.83. The van der Waals surface area contributed by atoms with E-state index in [9.17, 15) is 9.18 Å². The lowest BCUT2D eigenvalue weighted by molar-refractivity contribution is -0.0756. The molecule has 0 unspecified atom stereocenters. The molecule has 1 amide bonds. The van der Waals surface area contributed by atoms with Gasteiger partial charge in [-0.05, 0) is 58.4 Å². The second kappa shape index (κ2) is 8.22. The molecule has 3 rings (SSSR count). The number of hydroxylamine groups is 2. The van der Waals surface area contributed by atoms with Crippen molar-refractivity contribution in [3.8, 4) is 5.69 Å². The van der Waals surface area contributed by atoms with Crippen molar-refractivity contribution in [3.05, 3.63) is 58.4 Å². The van der Waals surface area contributed by atoms with Crippen molar-refractivity contribution >= 4 is 32.7 Å². The lowest BCUT2D eigenvalue weighted by Crippen LogP contribution is -2.25. The van der Waals surface area contributed by atoms with Crippen molar-refractivity contribution in [2.24, 2.45) is 0 Å². The first-order valence-electron chi connectivity index (χ1n) is 7.77. The maximum absolute atomic E-state index is 13.1. The van der Waals surface area contributed by atoms with E-state index < -0.39 is 0 Å². The average molecular weight is 408 g/mol. The molecule has 0 bridgehead atoms. The highest BCUT2D eigenvalue weighted by atomic mass is 79.9. The minimum absolute atomic E-state index is 0.262. The zero-order valence-electron chi connectivity index (χ0n) is 14.5. The summed E-state index contributed by atoms with van der Waals surface area (Å²) in [7, 11) is 2.97. The topological polar surface area (TPSA) is 47.4 Å². The van der Waals surface area contributed by atoms with Gasteiger partial charge in [0.25, 0.3) is 5.91 Å². The van der Waals surface area contributed by atoms with Gasteiger partial charge in [-0.1, -0.05) is 13.8 Å². The van der Waals surface area contributed by atoms with Crippen molar-refractivity contribution in [3.63, 3.8) is 0 Å². The van der Waals surface area contributed by atoms with E-state index in [1.54, 1.807) is 36.0 Å². The van der Waals surface area contributed by atoms with Gasteiger partial charge >= 0.3 is 0 Å². The van der Waals surface area contributed by atoms with Gasteiger partial charge in [0.05, 0.1) is 18.3 Å². The largest absolute Gasteiger partial charge is 0.277 e. The molecule has 2 aromatic carbocycles. The van der Waals surface area contributed by atoms with Crippen molar-refractivity contribution in [2.75, 3.05) is 14.2 Å². The fraction of sp³-hybridized carbons (Fsp3) is 0.222. The van der Waals surface area contributed by atoms with Crippen LogP contribution in [0.15, 0.2) is 47.1 Å². The van der Waals surface area contributed by atoms with Gasteiger partial charge in [0.2, 0.25) is 0 Å². The van der Waals surface area contributed by atoms with Crippen molar-refractivity contribution in [1.29, 1.82) is 0 Å². The molecular formula is C18H19BrFN3O2. The summed E-state index contributed by atoms with van der Waals surface area (Å²) in [6, 6.07) is 11.2. The Kier molecular flexibility index (Phi) is 6.27. The third-order valence-electron chi connectivity index (χ3n) is 3.49. The zero-order valence-corrected chi connectivity index (χ0v) is 16.0. The minimum Gasteiger partial charge on any atom is -0.274 e. The van der Waals surface area contributed by atoms with Gasteiger partial charge in [-0.15, -0.1) is 0 Å². The van der Waals surface area contributed by atoms with E-state index in [-0.39, 0.29) is 11.7 Å². The lowest BCUT2D eigenvalue weighted by Gasteiger charge is -2.13. The molecule has 0 N–H and O–H groups in total. The fourth-order valence-electron chi connectivity index (χ4n) is 2.21. The van der Waals surface area contributed by atoms with Gasteiger partial charge in [-0.2, -0.15) is 5.10 Å². The summed E-state index contributed by atoms with van der Waals surface area (Å²) in [6.45, 7) is 4.00. The molecule has 5 nitrogen and oxygen atoms in total. The first-order valence-corrected chi connectivity index (χ1v) is 8.57. The number of rotatable bonds is 3. The molecule has 25 heavy (non-hydrogen) atoms. The van der Waals surface area contributed by atoms with E-state index in [0.29, 0.717) is 11.1 Å². The van der Waals surface area contributed by atoms with Crippen LogP contribution < -0.4 is 0 Å². The third-order valence-corrected chi connectivity index (χ3v) is 4.25. The second-order valence-electron chi connectivity index (χ2n) is 4.90. The molecule has 0 saturated heterocycles. The van der Waals surface area contributed by atoms with Gasteiger partial charge in [0.1, 0.15) is 10.4 Å². The molecule has 0 fully saturated rings. The van der Waals surface area contributed by atoms with Gasteiger partial charge in [0.15, 0.2) is 0 Å². The molecule has 0 aliphatic heterocycles. The summed E-state index contributed by atoms with van der Waals surface area (Å²) in [5.74, 6) is -0.570. The Morgan fingerprint density at radius 2 is 1.84 bits per heavy atom. The molecule has 7 heteroatoms. The SMILES string of the molecule is CC.CON(C)C(=O)c1ccc2c(Br)n(-c3ccc(F)cc3)nc2c1. The summed E-state index contributed by atoms with van der Waals surface area (Å²) in [5.41, 5.74) is 1.84. The Balaban J connectivity index is 0.00000109. The Morgan fingerprint density at radius 1 is 1.20 bits per heavy atom. The highest BCUT2D eigenvalue weighted by Crippen LogP contribution is 2.27. The number of amides is 1. The van der Waals surface area contributed by atoms with E-state index in [1.807, 2.05) is 19.9 Å². The van der Waals surface area contributed by atoms with E-state index >= 15 is 0 Å². The van der Waals surface area contributed by atoms with Crippen LogP contribution in [0.2, 0.25) is 0 Å². The quantitative estimate of drug-likeness (QED) is 0.596. The summed E-state index contributed by atoms with van der Waals surface area (Å²) in [6.07, 6.45) is 0. The smallest absolute Gasteiger partial charge is 0.274 e. The maximum atomic E-state index is 13.1. The molecule has 1 heterocycles. The standard InChI is InChI=1S/C16H13BrFN3O2.C2H6/c1-20(23-2)16(22)10-3-8-13-14(9-10)19-21(15(13)17)12-6-4-11(18)5-7-12;1-2/h3-9H,1-2H3;1-2H3. The summed E-state index contributed by atoms with van der Waals surface area (Å²) in [5, 5.41) is 6.47. The molecule has 0 radical (unpaired) electrons. The van der Waals surface area contributed by atoms with Gasteiger partial charge in [-0.25, -0.2) is 14.1 Å². The Bertz CT molecular complexity index is 878. The van der Waals surface area contributed by atoms with Crippen molar-refractivity contribution < 1.29 is 14.0 Å². The first-order chi connectivity index (χ1) is 12.0. The number of halogens is 2. The summed E-state index contributed by atoms with van der Waals surface area (Å²) < 4.78 is 15.4. The van der Waals surface area contributed by atoms with Gasteiger partial charge in [0, 0.05) is 18.0 Å². The highest BCUT2D eigenvalue weighted by Gasteiger charge is 2.15. The second-order valence-corrected chi connectivity index (χ2v) is 5.65. The molecule has 0 saturated carbocycles. The van der Waals surface area contributed by atoms with Gasteiger partial charge in [-0.3, -0.25) is 9.63 Å². The molecule has 0 atom stereocenters. The van der Waals surface area contributed by atoms with Crippen molar-refractivity contribution in [1.82, 2.24) is 14.8 Å². The van der Waals surface area contributed by atoms with E-state index in [4.69, 9.17) is 4.84 Å². The monoisotopic (exact) mass is 407 g/mol. The summed E-state index contributed by atoms with van der Waals surface area (Å²) in [4.78, 5) is 17.0. The zero-order chi connectivity index (χ0) is 18.6. The maximum Gasteiger partial charge on any atom is 0.277 e. The van der Waals surface area contributed by atoms with Crippen LogP contribution in [0.4, 0.5) is 4.39 Å². The Hall–Kier alpha value is -2.25. The van der Waals surface area contributed by atoms with Crippen molar-refractivity contribution in [2.45, 2.75) is 13.8 Å². The predicted octanol–water partition coefficient (Wildman–Crippen LogP) is 4.59. The number of fused-ring (bicyclic) bond motifs is 1. The number of nitrogens with zero attached hydrogens (tertiary/aromatic N) is 3. The molecular weight excluding hydrogens is 389 g/mol. The minimum atomic E-state index is -0.308. The molecule has 132 valence electrons. The number of hydrogen-bond acceptors (Lipinski definition) is 3.